The average molecular weight is 563 g/mol. The van der Waals surface area contributed by atoms with Gasteiger partial charge >= 0.3 is 0 Å². The van der Waals surface area contributed by atoms with Crippen molar-refractivity contribution in [3.05, 3.63) is 149 Å². The summed E-state index contributed by atoms with van der Waals surface area (Å²) < 4.78 is 7.01. The van der Waals surface area contributed by atoms with Crippen molar-refractivity contribution >= 4 is 23.3 Å². The molecule has 1 aromatic heterocycles. The third-order valence-electron chi connectivity index (χ3n) is 7.37. The van der Waals surface area contributed by atoms with Crippen molar-refractivity contribution in [1.29, 1.82) is 10.5 Å². The van der Waals surface area contributed by atoms with Gasteiger partial charge in [0, 0.05) is 22.3 Å². The van der Waals surface area contributed by atoms with E-state index < -0.39 is 11.6 Å². The summed E-state index contributed by atoms with van der Waals surface area (Å²) in [5, 5.41) is 24.3. The Balaban J connectivity index is 1.46. The topological polar surface area (TPSA) is 158 Å². The number of benzene rings is 4. The molecule has 2 heterocycles. The Morgan fingerprint density at radius 3 is 1.79 bits per heavy atom. The number of fused-ring (bicyclic) bond motifs is 1. The maximum absolute atomic E-state index is 9.64. The van der Waals surface area contributed by atoms with Crippen LogP contribution in [0.2, 0.25) is 0 Å². The molecular weight excluding hydrogens is 536 g/mol. The highest BCUT2D eigenvalue weighted by atomic mass is 16.5. The molecule has 1 aliphatic rings. The van der Waals surface area contributed by atoms with Crippen LogP contribution in [0.4, 0.5) is 17.3 Å². The lowest BCUT2D eigenvalue weighted by Gasteiger charge is -2.36. The Hall–Kier alpha value is -6.32. The molecule has 4 aromatic carbocycles. The van der Waals surface area contributed by atoms with Crippen LogP contribution in [0.1, 0.15) is 39.4 Å². The van der Waals surface area contributed by atoms with Crippen LogP contribution in [-0.2, 0) is 5.60 Å². The second-order valence-corrected chi connectivity index (χ2v) is 9.85. The molecule has 208 valence electrons. The summed E-state index contributed by atoms with van der Waals surface area (Å²) in [6, 6.07) is 39.2. The number of aliphatic imine (C=N–C) groups is 1. The molecule has 0 saturated heterocycles. The Morgan fingerprint density at radius 1 is 0.767 bits per heavy atom. The smallest absolute Gasteiger partial charge is 0.211 e. The predicted octanol–water partition coefficient (Wildman–Crippen LogP) is 5.43. The molecule has 1 unspecified atom stereocenters. The van der Waals surface area contributed by atoms with Gasteiger partial charge in [0.25, 0.3) is 0 Å². The molecule has 0 bridgehead atoms. The molecule has 0 radical (unpaired) electrons. The number of nitrogens with one attached hydrogen (secondary N) is 2. The van der Waals surface area contributed by atoms with Crippen LogP contribution in [-0.4, -0.2) is 10.9 Å². The molecule has 1 atom stereocenters. The van der Waals surface area contributed by atoms with E-state index in [9.17, 15) is 10.5 Å². The van der Waals surface area contributed by atoms with Gasteiger partial charge in [0.05, 0.1) is 5.69 Å². The van der Waals surface area contributed by atoms with Gasteiger partial charge in [-0.2, -0.15) is 10.5 Å². The Kier molecular flexibility index (Phi) is 7.05. The van der Waals surface area contributed by atoms with E-state index in [4.69, 9.17) is 16.2 Å². The number of rotatable bonds is 6. The Bertz CT molecular complexity index is 1780. The minimum atomic E-state index is -0.942. The molecule has 1 aliphatic heterocycles. The monoisotopic (exact) mass is 562 g/mol. The number of ether oxygens (including phenoxy) is 1. The maximum atomic E-state index is 9.64. The summed E-state index contributed by atoms with van der Waals surface area (Å²) in [6.07, 6.45) is 1.87. The van der Waals surface area contributed by atoms with Crippen molar-refractivity contribution in [2.75, 3.05) is 16.8 Å². The first-order chi connectivity index (χ1) is 21.0. The van der Waals surface area contributed by atoms with Crippen molar-refractivity contribution in [3.8, 4) is 18.0 Å². The van der Waals surface area contributed by atoms with Crippen LogP contribution in [0.5, 0.6) is 5.75 Å². The van der Waals surface area contributed by atoms with Crippen LogP contribution >= 0.6 is 0 Å². The molecule has 0 saturated carbocycles. The SMILES string of the molecule is N#CNC1=NC(c2ccc(OC(c3ccccc3)(c3ccccc3)c3ccccc3)cc2)c2c(nc(N)c(C#N)c2N)N1. The van der Waals surface area contributed by atoms with Crippen molar-refractivity contribution < 1.29 is 4.74 Å². The molecule has 6 N–H and O–H groups in total. The van der Waals surface area contributed by atoms with Gasteiger partial charge in [0.2, 0.25) is 5.96 Å². The first-order valence-corrected chi connectivity index (χ1v) is 13.5. The number of anilines is 3. The van der Waals surface area contributed by atoms with Crippen LogP contribution in [0.15, 0.2) is 120 Å². The van der Waals surface area contributed by atoms with E-state index >= 15 is 0 Å². The van der Waals surface area contributed by atoms with Gasteiger partial charge in [-0.25, -0.2) is 9.98 Å². The number of nitrogen functional groups attached to an aromatic ring is 2. The molecule has 0 spiro atoms. The van der Waals surface area contributed by atoms with Gasteiger partial charge < -0.3 is 21.5 Å². The fourth-order valence-electron chi connectivity index (χ4n) is 5.41. The lowest BCUT2D eigenvalue weighted by molar-refractivity contribution is 0.155. The van der Waals surface area contributed by atoms with Gasteiger partial charge in [-0.05, 0) is 17.7 Å². The molecule has 5 aromatic rings. The number of guanidine groups is 1. The lowest BCUT2D eigenvalue weighted by Crippen LogP contribution is -2.36. The summed E-state index contributed by atoms with van der Waals surface area (Å²) in [7, 11) is 0. The van der Waals surface area contributed by atoms with Crippen molar-refractivity contribution in [1.82, 2.24) is 10.3 Å². The van der Waals surface area contributed by atoms with Gasteiger partial charge in [0.15, 0.2) is 11.8 Å². The maximum Gasteiger partial charge on any atom is 0.211 e. The number of nitrogens with zero attached hydrogens (tertiary/aromatic N) is 4. The fourth-order valence-corrected chi connectivity index (χ4v) is 5.41. The summed E-state index contributed by atoms with van der Waals surface area (Å²) >= 11 is 0. The van der Waals surface area contributed by atoms with Crippen molar-refractivity contribution in [3.63, 3.8) is 0 Å². The third-order valence-corrected chi connectivity index (χ3v) is 7.37. The number of nitriles is 2. The number of hydrogen-bond donors (Lipinski definition) is 4. The summed E-state index contributed by atoms with van der Waals surface area (Å²) in [4.78, 5) is 8.99. The van der Waals surface area contributed by atoms with Crippen LogP contribution in [0.3, 0.4) is 0 Å². The molecule has 9 nitrogen and oxygen atoms in total. The highest BCUT2D eigenvalue weighted by Gasteiger charge is 2.39. The zero-order valence-electron chi connectivity index (χ0n) is 22.9. The number of pyridine rings is 1. The van der Waals surface area contributed by atoms with E-state index in [-0.39, 0.29) is 23.0 Å². The molecule has 43 heavy (non-hydrogen) atoms. The van der Waals surface area contributed by atoms with E-state index in [2.05, 4.69) is 57.0 Å². The molecule has 6 rings (SSSR count). The van der Waals surface area contributed by atoms with Crippen molar-refractivity contribution in [2.45, 2.75) is 11.6 Å². The second-order valence-electron chi connectivity index (χ2n) is 9.85. The zero-order valence-corrected chi connectivity index (χ0v) is 22.9. The number of aromatic nitrogens is 1. The molecule has 9 heteroatoms. The minimum Gasteiger partial charge on any atom is -0.473 e. The minimum absolute atomic E-state index is 0.00830. The first kappa shape index (κ1) is 26.9. The molecule has 0 amide bonds. The van der Waals surface area contributed by atoms with E-state index in [0.717, 1.165) is 22.3 Å². The zero-order chi connectivity index (χ0) is 29.8. The van der Waals surface area contributed by atoms with Crippen LogP contribution < -0.4 is 26.8 Å². The van der Waals surface area contributed by atoms with E-state index in [1.54, 1.807) is 0 Å². The highest BCUT2D eigenvalue weighted by molar-refractivity contribution is 5.98. The van der Waals surface area contributed by atoms with Gasteiger partial charge in [-0.15, -0.1) is 0 Å². The third kappa shape index (κ3) is 4.82. The predicted molar refractivity (Wildman–Crippen MR) is 166 cm³/mol. The van der Waals surface area contributed by atoms with Gasteiger partial charge in [0.1, 0.15) is 35.1 Å². The molecule has 0 fully saturated rings. The largest absolute Gasteiger partial charge is 0.473 e. The van der Waals surface area contributed by atoms with Gasteiger partial charge in [-0.3, -0.25) is 5.32 Å². The number of hydrogen-bond acceptors (Lipinski definition) is 9. The van der Waals surface area contributed by atoms with E-state index in [1.165, 1.54) is 0 Å². The van der Waals surface area contributed by atoms with Crippen LogP contribution in [0, 0.1) is 22.8 Å². The summed E-state index contributed by atoms with van der Waals surface area (Å²) in [6.45, 7) is 0. The highest BCUT2D eigenvalue weighted by Crippen LogP contribution is 2.43. The quantitative estimate of drug-likeness (QED) is 0.121. The summed E-state index contributed by atoms with van der Waals surface area (Å²) in [5.74, 6) is 1.12. The van der Waals surface area contributed by atoms with Gasteiger partial charge in [-0.1, -0.05) is 103 Å². The first-order valence-electron chi connectivity index (χ1n) is 13.5. The number of nitrogens with two attached hydrogens (primary N) is 2. The molecule has 0 aliphatic carbocycles. The van der Waals surface area contributed by atoms with E-state index in [0.29, 0.717) is 17.1 Å². The lowest BCUT2D eigenvalue weighted by atomic mass is 9.80. The Labute approximate surface area is 248 Å². The average Bonchev–Trinajstić information content (AvgIpc) is 3.05. The normalized spacial score (nSPS) is 13.8. The van der Waals surface area contributed by atoms with Crippen LogP contribution in [0.25, 0.3) is 0 Å². The second kappa shape index (κ2) is 11.3. The Morgan fingerprint density at radius 2 is 1.30 bits per heavy atom. The molecular formula is C34H26N8O. The standard InChI is InChI=1S/C34H26N8O/c35-20-27-29(37)28-30(40-33(39-21-36)42-32(28)41-31(27)38)22-16-18-26(19-17-22)43-34(23-10-4-1-5-11-23,24-12-6-2-7-13-24)25-14-8-3-9-15-25/h1-19,30H,(H6,37,38,39,40,41,42). The summed E-state index contributed by atoms with van der Waals surface area (Å²) in [5.41, 5.74) is 15.9. The fraction of sp³-hybridized carbons (Fsp3) is 0.0588. The van der Waals surface area contributed by atoms with Crippen molar-refractivity contribution in [2.24, 2.45) is 4.99 Å². The van der Waals surface area contributed by atoms with E-state index in [1.807, 2.05) is 91.1 Å².